The van der Waals surface area contributed by atoms with E-state index >= 15 is 0 Å². The molecule has 0 aliphatic heterocycles. The fourth-order valence-electron chi connectivity index (χ4n) is 3.36. The van der Waals surface area contributed by atoms with Gasteiger partial charge < -0.3 is 19.5 Å². The monoisotopic (exact) mass is 449 g/mol. The molecule has 0 saturated heterocycles. The van der Waals surface area contributed by atoms with Gasteiger partial charge in [-0.1, -0.05) is 18.2 Å². The van der Waals surface area contributed by atoms with Crippen LogP contribution >= 0.6 is 0 Å². The molecule has 2 N–H and O–H groups in total. The Kier molecular flexibility index (Phi) is 5.73. The van der Waals surface area contributed by atoms with Gasteiger partial charge >= 0.3 is 0 Å². The van der Waals surface area contributed by atoms with E-state index in [1.54, 1.807) is 48.5 Å². The number of rotatable bonds is 6. The van der Waals surface area contributed by atoms with Gasteiger partial charge in [0.25, 0.3) is 5.91 Å². The molecule has 0 fully saturated rings. The van der Waals surface area contributed by atoms with Crippen LogP contribution in [0.25, 0.3) is 28.6 Å². The predicted octanol–water partition coefficient (Wildman–Crippen LogP) is 5.99. The van der Waals surface area contributed by atoms with Crippen molar-refractivity contribution in [2.45, 2.75) is 0 Å². The summed E-state index contributed by atoms with van der Waals surface area (Å²) in [5, 5.41) is 5.62. The summed E-state index contributed by atoms with van der Waals surface area (Å²) >= 11 is 0. The number of nitrogens with one attached hydrogen (secondary N) is 2. The Morgan fingerprint density at radius 1 is 0.824 bits per heavy atom. The summed E-state index contributed by atoms with van der Waals surface area (Å²) in [4.78, 5) is 29.3. The molecule has 0 saturated carbocycles. The van der Waals surface area contributed by atoms with E-state index in [9.17, 15) is 9.59 Å². The van der Waals surface area contributed by atoms with Gasteiger partial charge in [0.2, 0.25) is 11.8 Å². The van der Waals surface area contributed by atoms with E-state index in [-0.39, 0.29) is 11.8 Å². The quantitative estimate of drug-likeness (QED) is 0.310. The number of hydrogen-bond donors (Lipinski definition) is 2. The lowest BCUT2D eigenvalue weighted by atomic mass is 10.1. The third-order valence-corrected chi connectivity index (χ3v) is 5.02. The second-order valence-electron chi connectivity index (χ2n) is 7.44. The van der Waals surface area contributed by atoms with Crippen molar-refractivity contribution in [2.24, 2.45) is 0 Å². The Morgan fingerprint density at radius 3 is 2.47 bits per heavy atom. The minimum atomic E-state index is -0.301. The smallest absolute Gasteiger partial charge is 0.255 e. The molecule has 2 heterocycles. The van der Waals surface area contributed by atoms with E-state index in [0.717, 1.165) is 11.1 Å². The summed E-state index contributed by atoms with van der Waals surface area (Å²) in [6, 6.07) is 25.0. The number of benzene rings is 3. The molecule has 166 valence electrons. The van der Waals surface area contributed by atoms with Crippen LogP contribution in [0.2, 0.25) is 0 Å². The number of carbonyl (C=O) groups excluding carboxylic acids is 2. The highest BCUT2D eigenvalue weighted by Crippen LogP contribution is 2.26. The van der Waals surface area contributed by atoms with Crippen molar-refractivity contribution in [3.8, 4) is 11.5 Å². The van der Waals surface area contributed by atoms with Gasteiger partial charge in [-0.3, -0.25) is 9.59 Å². The third-order valence-electron chi connectivity index (χ3n) is 5.02. The maximum absolute atomic E-state index is 12.7. The third kappa shape index (κ3) is 4.78. The minimum Gasteiger partial charge on any atom is -0.465 e. The van der Waals surface area contributed by atoms with Crippen molar-refractivity contribution in [3.05, 3.63) is 109 Å². The normalized spacial score (nSPS) is 11.1. The van der Waals surface area contributed by atoms with Crippen LogP contribution in [0.3, 0.4) is 0 Å². The van der Waals surface area contributed by atoms with Crippen LogP contribution in [0.15, 0.2) is 106 Å². The summed E-state index contributed by atoms with van der Waals surface area (Å²) in [5.74, 6) is 0.496. The maximum atomic E-state index is 12.7. The standard InChI is InChI=1S/C27H19N3O4/c31-25(15-14-22-7-4-16-33-22)28-20-12-10-18(11-13-20)26(32)29-21-6-3-5-19(17-21)27-30-23-8-1-2-9-24(23)34-27/h1-17H,(H,28,31)(H,29,32). The Morgan fingerprint density at radius 2 is 1.68 bits per heavy atom. The van der Waals surface area contributed by atoms with E-state index in [1.807, 2.05) is 42.5 Å². The number of fused-ring (bicyclic) bond motifs is 1. The Labute approximate surface area is 194 Å². The fourth-order valence-corrected chi connectivity index (χ4v) is 3.36. The molecule has 3 aromatic carbocycles. The van der Waals surface area contributed by atoms with Gasteiger partial charge in [-0.15, -0.1) is 0 Å². The zero-order valence-electron chi connectivity index (χ0n) is 17.9. The van der Waals surface area contributed by atoms with Gasteiger partial charge in [-0.2, -0.15) is 0 Å². The summed E-state index contributed by atoms with van der Waals surface area (Å²) < 4.78 is 11.0. The molecule has 7 heteroatoms. The van der Waals surface area contributed by atoms with Crippen molar-refractivity contribution in [1.82, 2.24) is 4.98 Å². The fraction of sp³-hybridized carbons (Fsp3) is 0. The lowest BCUT2D eigenvalue weighted by molar-refractivity contribution is -0.111. The molecule has 5 aromatic rings. The number of oxazole rings is 1. The number of carbonyl (C=O) groups is 2. The second kappa shape index (κ2) is 9.30. The highest BCUT2D eigenvalue weighted by Gasteiger charge is 2.11. The highest BCUT2D eigenvalue weighted by molar-refractivity contribution is 6.05. The van der Waals surface area contributed by atoms with Gasteiger partial charge in [0.1, 0.15) is 11.3 Å². The van der Waals surface area contributed by atoms with E-state index in [1.165, 1.54) is 12.3 Å². The Balaban J connectivity index is 1.24. The molecule has 0 unspecified atom stereocenters. The number of hydrogen-bond acceptors (Lipinski definition) is 5. The first-order valence-electron chi connectivity index (χ1n) is 10.5. The SMILES string of the molecule is O=C(C=Cc1ccco1)Nc1ccc(C(=O)Nc2cccc(-c3nc4ccccc4o3)c2)cc1. The van der Waals surface area contributed by atoms with Gasteiger partial charge in [-0.25, -0.2) is 4.98 Å². The van der Waals surface area contributed by atoms with Crippen molar-refractivity contribution in [2.75, 3.05) is 10.6 Å². The number of anilines is 2. The molecule has 0 aliphatic rings. The van der Waals surface area contributed by atoms with E-state index in [4.69, 9.17) is 8.83 Å². The van der Waals surface area contributed by atoms with Crippen molar-refractivity contribution >= 4 is 40.4 Å². The zero-order valence-corrected chi connectivity index (χ0v) is 17.9. The lowest BCUT2D eigenvalue weighted by Gasteiger charge is -2.07. The number of amides is 2. The average molecular weight is 449 g/mol. The van der Waals surface area contributed by atoms with Gasteiger partial charge in [0.15, 0.2) is 5.58 Å². The van der Waals surface area contributed by atoms with Crippen LogP contribution in [0.5, 0.6) is 0 Å². The van der Waals surface area contributed by atoms with Gasteiger partial charge in [0, 0.05) is 28.6 Å². The number of para-hydroxylation sites is 2. The van der Waals surface area contributed by atoms with E-state index < -0.39 is 0 Å². The first-order chi connectivity index (χ1) is 16.6. The molecule has 0 atom stereocenters. The van der Waals surface area contributed by atoms with Crippen LogP contribution in [-0.4, -0.2) is 16.8 Å². The molecule has 34 heavy (non-hydrogen) atoms. The van der Waals surface area contributed by atoms with E-state index in [0.29, 0.717) is 34.2 Å². The van der Waals surface area contributed by atoms with Gasteiger partial charge in [-0.05, 0) is 72.8 Å². The predicted molar refractivity (Wildman–Crippen MR) is 130 cm³/mol. The molecule has 0 aliphatic carbocycles. The number of furan rings is 1. The van der Waals surface area contributed by atoms with Crippen LogP contribution in [0.4, 0.5) is 11.4 Å². The molecular formula is C27H19N3O4. The average Bonchev–Trinajstić information content (AvgIpc) is 3.53. The molecule has 0 spiro atoms. The molecule has 7 nitrogen and oxygen atoms in total. The van der Waals surface area contributed by atoms with Crippen molar-refractivity contribution in [1.29, 1.82) is 0 Å². The van der Waals surface area contributed by atoms with Crippen molar-refractivity contribution < 1.29 is 18.4 Å². The summed E-state index contributed by atoms with van der Waals surface area (Å²) in [6.45, 7) is 0. The molecule has 2 aromatic heterocycles. The van der Waals surface area contributed by atoms with Crippen LogP contribution in [0, 0.1) is 0 Å². The van der Waals surface area contributed by atoms with Crippen LogP contribution < -0.4 is 10.6 Å². The van der Waals surface area contributed by atoms with E-state index in [2.05, 4.69) is 15.6 Å². The summed E-state index contributed by atoms with van der Waals surface area (Å²) in [6.07, 6.45) is 4.49. The Hall–Kier alpha value is -4.91. The first-order valence-corrected chi connectivity index (χ1v) is 10.5. The largest absolute Gasteiger partial charge is 0.465 e. The highest BCUT2D eigenvalue weighted by atomic mass is 16.3. The number of aromatic nitrogens is 1. The molecule has 5 rings (SSSR count). The minimum absolute atomic E-state index is 0.273. The number of nitrogens with zero attached hydrogens (tertiary/aromatic N) is 1. The lowest BCUT2D eigenvalue weighted by Crippen LogP contribution is -2.12. The van der Waals surface area contributed by atoms with Crippen LogP contribution in [0.1, 0.15) is 16.1 Å². The molecule has 2 amide bonds. The Bertz CT molecular complexity index is 1450. The summed E-state index contributed by atoms with van der Waals surface area (Å²) in [5.41, 5.74) is 3.88. The second-order valence-corrected chi connectivity index (χ2v) is 7.44. The topological polar surface area (TPSA) is 97.4 Å². The molecular weight excluding hydrogens is 430 g/mol. The first kappa shape index (κ1) is 21.0. The maximum Gasteiger partial charge on any atom is 0.255 e. The zero-order chi connectivity index (χ0) is 23.3. The molecule has 0 radical (unpaired) electrons. The van der Waals surface area contributed by atoms with Crippen molar-refractivity contribution in [3.63, 3.8) is 0 Å². The summed E-state index contributed by atoms with van der Waals surface area (Å²) in [7, 11) is 0. The van der Waals surface area contributed by atoms with Crippen LogP contribution in [-0.2, 0) is 4.79 Å². The molecule has 0 bridgehead atoms. The van der Waals surface area contributed by atoms with Gasteiger partial charge in [0.05, 0.1) is 6.26 Å².